The van der Waals surface area contributed by atoms with E-state index in [0.717, 1.165) is 18.4 Å². The van der Waals surface area contributed by atoms with Crippen molar-refractivity contribution in [2.45, 2.75) is 32.6 Å². The molecule has 0 bridgehead atoms. The van der Waals surface area contributed by atoms with E-state index in [1.54, 1.807) is 0 Å². The van der Waals surface area contributed by atoms with Gasteiger partial charge < -0.3 is 4.74 Å². The van der Waals surface area contributed by atoms with E-state index in [-0.39, 0.29) is 5.92 Å². The van der Waals surface area contributed by atoms with Crippen LogP contribution < -0.4 is 4.74 Å². The number of benzene rings is 2. The number of hydrogen-bond acceptors (Lipinski definition) is 2. The molecule has 2 nitrogen and oxygen atoms in total. The molecule has 0 aromatic heterocycles. The van der Waals surface area contributed by atoms with Crippen molar-refractivity contribution in [3.8, 4) is 11.8 Å². The van der Waals surface area contributed by atoms with Crippen molar-refractivity contribution in [1.29, 1.82) is 5.26 Å². The van der Waals surface area contributed by atoms with Crippen molar-refractivity contribution < 1.29 is 4.74 Å². The van der Waals surface area contributed by atoms with Crippen molar-refractivity contribution in [3.05, 3.63) is 64.2 Å². The van der Waals surface area contributed by atoms with Crippen LogP contribution in [0.2, 0.25) is 5.02 Å². The van der Waals surface area contributed by atoms with E-state index in [2.05, 4.69) is 38.1 Å². The fourth-order valence-electron chi connectivity index (χ4n) is 2.46. The lowest BCUT2D eigenvalue weighted by atomic mass is 9.91. The summed E-state index contributed by atoms with van der Waals surface area (Å²) in [5.41, 5.74) is 3.48. The number of hydrogen-bond donors (Lipinski definition) is 0. The molecular weight excluding hydrogens is 294 g/mol. The minimum Gasteiger partial charge on any atom is -0.492 e. The number of para-hydroxylation sites is 1. The Hall–Kier alpha value is -1.98. The van der Waals surface area contributed by atoms with E-state index < -0.39 is 0 Å². The minimum atomic E-state index is -0.0882. The van der Waals surface area contributed by atoms with Gasteiger partial charge in [-0.3, -0.25) is 0 Å². The normalized spacial score (nSPS) is 11.7. The van der Waals surface area contributed by atoms with Crippen LogP contribution in [0.1, 0.15) is 35.4 Å². The molecule has 0 saturated heterocycles. The van der Waals surface area contributed by atoms with E-state index in [0.29, 0.717) is 17.4 Å². The Balaban J connectivity index is 1.91. The number of nitrogens with zero attached hydrogens (tertiary/aromatic N) is 1. The minimum absolute atomic E-state index is 0.0882. The molecule has 0 radical (unpaired) electrons. The largest absolute Gasteiger partial charge is 0.492 e. The molecule has 22 heavy (non-hydrogen) atoms. The van der Waals surface area contributed by atoms with Crippen LogP contribution in [0.15, 0.2) is 42.5 Å². The van der Waals surface area contributed by atoms with Gasteiger partial charge in [0, 0.05) is 0 Å². The Kier molecular flexibility index (Phi) is 5.86. The maximum absolute atomic E-state index is 9.44. The van der Waals surface area contributed by atoms with Crippen molar-refractivity contribution in [1.82, 2.24) is 0 Å². The van der Waals surface area contributed by atoms with Crippen molar-refractivity contribution in [2.24, 2.45) is 0 Å². The van der Waals surface area contributed by atoms with Gasteiger partial charge in [-0.1, -0.05) is 47.5 Å². The number of halogens is 1. The lowest BCUT2D eigenvalue weighted by Crippen LogP contribution is -2.04. The van der Waals surface area contributed by atoms with Gasteiger partial charge in [-0.25, -0.2) is 0 Å². The van der Waals surface area contributed by atoms with Crippen LogP contribution in [0, 0.1) is 25.2 Å². The first-order valence-corrected chi connectivity index (χ1v) is 7.83. The summed E-state index contributed by atoms with van der Waals surface area (Å²) in [4.78, 5) is 0. The van der Waals surface area contributed by atoms with Gasteiger partial charge in [0.25, 0.3) is 0 Å². The fraction of sp³-hybridized carbons (Fsp3) is 0.316. The van der Waals surface area contributed by atoms with Crippen LogP contribution in [0.25, 0.3) is 0 Å². The van der Waals surface area contributed by atoms with E-state index in [1.165, 1.54) is 11.1 Å². The number of aryl methyl sites for hydroxylation is 2. The quantitative estimate of drug-likeness (QED) is 0.667. The second kappa shape index (κ2) is 7.87. The molecule has 0 heterocycles. The standard InChI is InChI=1S/C19H20ClNO/c1-14-9-10-15(2)17(12-14)16(13-21)6-5-11-22-19-8-4-3-7-18(19)20/h3-4,7-10,12,16H,5-6,11H2,1-2H3. The van der Waals surface area contributed by atoms with Crippen molar-refractivity contribution >= 4 is 11.6 Å². The summed E-state index contributed by atoms with van der Waals surface area (Å²) < 4.78 is 5.68. The molecule has 0 N–H and O–H groups in total. The van der Waals surface area contributed by atoms with Gasteiger partial charge in [0.2, 0.25) is 0 Å². The lowest BCUT2D eigenvalue weighted by molar-refractivity contribution is 0.305. The van der Waals surface area contributed by atoms with Gasteiger partial charge in [-0.05, 0) is 49.9 Å². The molecule has 0 fully saturated rings. The summed E-state index contributed by atoms with van der Waals surface area (Å²) >= 11 is 6.05. The highest BCUT2D eigenvalue weighted by molar-refractivity contribution is 6.32. The predicted octanol–water partition coefficient (Wildman–Crippen LogP) is 5.42. The van der Waals surface area contributed by atoms with Crippen LogP contribution in [0.3, 0.4) is 0 Å². The molecule has 0 spiro atoms. The second-order valence-electron chi connectivity index (χ2n) is 5.46. The topological polar surface area (TPSA) is 33.0 Å². The molecule has 2 rings (SSSR count). The molecule has 2 aromatic rings. The summed E-state index contributed by atoms with van der Waals surface area (Å²) in [6, 6.07) is 16.1. The molecule has 0 saturated carbocycles. The highest BCUT2D eigenvalue weighted by atomic mass is 35.5. The van der Waals surface area contributed by atoms with E-state index in [9.17, 15) is 5.26 Å². The van der Waals surface area contributed by atoms with E-state index in [1.807, 2.05) is 24.3 Å². The first-order chi connectivity index (χ1) is 10.6. The zero-order chi connectivity index (χ0) is 15.9. The monoisotopic (exact) mass is 313 g/mol. The number of nitriles is 1. The van der Waals surface area contributed by atoms with Gasteiger partial charge in [0.1, 0.15) is 5.75 Å². The maximum Gasteiger partial charge on any atom is 0.137 e. The molecule has 0 aliphatic carbocycles. The van der Waals surface area contributed by atoms with Gasteiger partial charge in [-0.15, -0.1) is 0 Å². The first kappa shape index (κ1) is 16.4. The van der Waals surface area contributed by atoms with E-state index in [4.69, 9.17) is 16.3 Å². The molecule has 0 aliphatic rings. The average Bonchev–Trinajstić information content (AvgIpc) is 2.52. The predicted molar refractivity (Wildman–Crippen MR) is 90.5 cm³/mol. The van der Waals surface area contributed by atoms with Crippen LogP contribution in [0.5, 0.6) is 5.75 Å². The Morgan fingerprint density at radius 2 is 1.95 bits per heavy atom. The third kappa shape index (κ3) is 4.26. The fourth-order valence-corrected chi connectivity index (χ4v) is 2.65. The maximum atomic E-state index is 9.44. The average molecular weight is 314 g/mol. The Morgan fingerprint density at radius 1 is 1.18 bits per heavy atom. The molecule has 0 amide bonds. The Morgan fingerprint density at radius 3 is 2.68 bits per heavy atom. The molecule has 2 aromatic carbocycles. The number of ether oxygens (including phenoxy) is 1. The zero-order valence-electron chi connectivity index (χ0n) is 13.0. The summed E-state index contributed by atoms with van der Waals surface area (Å²) in [6.07, 6.45) is 1.60. The van der Waals surface area contributed by atoms with Crippen molar-refractivity contribution in [3.63, 3.8) is 0 Å². The van der Waals surface area contributed by atoms with Crippen LogP contribution >= 0.6 is 11.6 Å². The SMILES string of the molecule is Cc1ccc(C)c(C(C#N)CCCOc2ccccc2Cl)c1. The van der Waals surface area contributed by atoms with Gasteiger partial charge in [0.15, 0.2) is 0 Å². The highest BCUT2D eigenvalue weighted by Crippen LogP contribution is 2.26. The summed E-state index contributed by atoms with van der Waals surface area (Å²) in [6.45, 7) is 4.67. The van der Waals surface area contributed by atoms with E-state index >= 15 is 0 Å². The van der Waals surface area contributed by atoms with Crippen LogP contribution in [0.4, 0.5) is 0 Å². The second-order valence-corrected chi connectivity index (χ2v) is 5.87. The summed E-state index contributed by atoms with van der Waals surface area (Å²) in [5.74, 6) is 0.610. The Bertz CT molecular complexity index is 675. The first-order valence-electron chi connectivity index (χ1n) is 7.46. The lowest BCUT2D eigenvalue weighted by Gasteiger charge is -2.14. The molecule has 1 unspecified atom stereocenters. The molecule has 3 heteroatoms. The summed E-state index contributed by atoms with van der Waals surface area (Å²) in [5, 5.41) is 10.1. The summed E-state index contributed by atoms with van der Waals surface area (Å²) in [7, 11) is 0. The zero-order valence-corrected chi connectivity index (χ0v) is 13.7. The van der Waals surface area contributed by atoms with Crippen LogP contribution in [-0.2, 0) is 0 Å². The number of rotatable bonds is 6. The van der Waals surface area contributed by atoms with Gasteiger partial charge >= 0.3 is 0 Å². The van der Waals surface area contributed by atoms with Gasteiger partial charge in [-0.2, -0.15) is 5.26 Å². The molecule has 114 valence electrons. The molecule has 0 aliphatic heterocycles. The highest BCUT2D eigenvalue weighted by Gasteiger charge is 2.13. The van der Waals surface area contributed by atoms with Crippen LogP contribution in [-0.4, -0.2) is 6.61 Å². The molecule has 1 atom stereocenters. The smallest absolute Gasteiger partial charge is 0.137 e. The van der Waals surface area contributed by atoms with Crippen molar-refractivity contribution in [2.75, 3.05) is 6.61 Å². The Labute approximate surface area is 137 Å². The molecular formula is C19H20ClNO. The van der Waals surface area contributed by atoms with Gasteiger partial charge in [0.05, 0.1) is 23.6 Å². The third-order valence-electron chi connectivity index (χ3n) is 3.70. The third-order valence-corrected chi connectivity index (χ3v) is 4.01.